The fourth-order valence-electron chi connectivity index (χ4n) is 3.55. The summed E-state index contributed by atoms with van der Waals surface area (Å²) in [7, 11) is 4.54. The minimum atomic E-state index is -0.633. The van der Waals surface area contributed by atoms with E-state index < -0.39 is 5.97 Å². The van der Waals surface area contributed by atoms with Crippen LogP contribution in [0.15, 0.2) is 60.7 Å². The van der Waals surface area contributed by atoms with Gasteiger partial charge in [-0.25, -0.2) is 4.79 Å². The van der Waals surface area contributed by atoms with Crippen LogP contribution in [-0.2, 0) is 14.3 Å². The molecule has 0 saturated carbocycles. The normalized spacial score (nSPS) is 10.8. The summed E-state index contributed by atoms with van der Waals surface area (Å²) in [6, 6.07) is 17.0. The third-order valence-corrected chi connectivity index (χ3v) is 5.11. The third kappa shape index (κ3) is 5.44. The lowest BCUT2D eigenvalue weighted by molar-refractivity contribution is -0.142. The number of methoxy groups -OCH3 is 3. The van der Waals surface area contributed by atoms with Crippen molar-refractivity contribution in [2.24, 2.45) is 0 Å². The Morgan fingerprint density at radius 1 is 0.909 bits per heavy atom. The predicted octanol–water partition coefficient (Wildman–Crippen LogP) is 4.48. The highest BCUT2D eigenvalue weighted by molar-refractivity contribution is 6.04. The van der Waals surface area contributed by atoms with Gasteiger partial charge >= 0.3 is 5.97 Å². The minimum Gasteiger partial charge on any atom is -0.493 e. The summed E-state index contributed by atoms with van der Waals surface area (Å²) < 4.78 is 21.1. The molecular formula is C26H27NO6. The van der Waals surface area contributed by atoms with Crippen LogP contribution in [0.3, 0.4) is 0 Å². The van der Waals surface area contributed by atoms with Crippen LogP contribution in [0.4, 0.5) is 5.69 Å². The van der Waals surface area contributed by atoms with E-state index in [9.17, 15) is 9.59 Å². The van der Waals surface area contributed by atoms with Gasteiger partial charge in [-0.2, -0.15) is 0 Å². The zero-order valence-electron chi connectivity index (χ0n) is 19.2. The van der Waals surface area contributed by atoms with Gasteiger partial charge < -0.3 is 23.8 Å². The van der Waals surface area contributed by atoms with Crippen LogP contribution in [0.1, 0.15) is 12.5 Å². The third-order valence-electron chi connectivity index (χ3n) is 5.11. The molecule has 0 spiro atoms. The Morgan fingerprint density at radius 2 is 1.58 bits per heavy atom. The molecule has 3 rings (SSSR count). The van der Waals surface area contributed by atoms with E-state index in [1.807, 2.05) is 49.4 Å². The second kappa shape index (κ2) is 11.0. The molecule has 0 bridgehead atoms. The van der Waals surface area contributed by atoms with Gasteiger partial charge in [0, 0.05) is 18.0 Å². The van der Waals surface area contributed by atoms with E-state index in [2.05, 4.69) is 0 Å². The molecule has 0 aromatic heterocycles. The summed E-state index contributed by atoms with van der Waals surface area (Å²) in [5.41, 5.74) is 1.43. The Kier molecular flexibility index (Phi) is 7.91. The molecule has 0 saturated heterocycles. The fourth-order valence-corrected chi connectivity index (χ4v) is 3.55. The van der Waals surface area contributed by atoms with Gasteiger partial charge in [0.05, 0.1) is 27.0 Å². The maximum atomic E-state index is 12.8. The maximum absolute atomic E-state index is 12.8. The van der Waals surface area contributed by atoms with E-state index in [0.717, 1.165) is 16.5 Å². The van der Waals surface area contributed by atoms with Gasteiger partial charge in [0.25, 0.3) is 5.91 Å². The van der Waals surface area contributed by atoms with E-state index in [-0.39, 0.29) is 12.5 Å². The smallest absolute Gasteiger partial charge is 0.331 e. The van der Waals surface area contributed by atoms with Crippen molar-refractivity contribution in [3.63, 3.8) is 0 Å². The molecule has 0 radical (unpaired) electrons. The highest BCUT2D eigenvalue weighted by atomic mass is 16.5. The molecule has 0 unspecified atom stereocenters. The number of benzene rings is 3. The number of hydrogen-bond donors (Lipinski definition) is 0. The van der Waals surface area contributed by atoms with Crippen molar-refractivity contribution in [1.82, 2.24) is 0 Å². The number of carbonyl (C=O) groups is 2. The predicted molar refractivity (Wildman–Crippen MR) is 128 cm³/mol. The molecule has 3 aromatic rings. The topological polar surface area (TPSA) is 74.3 Å². The van der Waals surface area contributed by atoms with Crippen molar-refractivity contribution in [2.75, 3.05) is 39.4 Å². The van der Waals surface area contributed by atoms with E-state index in [4.69, 9.17) is 18.9 Å². The Balaban J connectivity index is 1.69. The van der Waals surface area contributed by atoms with Gasteiger partial charge in [0.2, 0.25) is 5.75 Å². The molecule has 0 aliphatic carbocycles. The lowest BCUT2D eigenvalue weighted by Crippen LogP contribution is -2.34. The van der Waals surface area contributed by atoms with Crippen LogP contribution >= 0.6 is 0 Å². The monoisotopic (exact) mass is 449 g/mol. The quantitative estimate of drug-likeness (QED) is 0.354. The summed E-state index contributed by atoms with van der Waals surface area (Å²) in [6.07, 6.45) is 2.81. The molecule has 3 aromatic carbocycles. The van der Waals surface area contributed by atoms with E-state index in [1.165, 1.54) is 27.4 Å². The van der Waals surface area contributed by atoms with Gasteiger partial charge in [-0.3, -0.25) is 4.79 Å². The number of fused-ring (bicyclic) bond motifs is 1. The number of carbonyl (C=O) groups excluding carboxylic acids is 2. The summed E-state index contributed by atoms with van der Waals surface area (Å²) in [4.78, 5) is 26.7. The number of amides is 1. The zero-order valence-corrected chi connectivity index (χ0v) is 19.2. The van der Waals surface area contributed by atoms with E-state index in [1.54, 1.807) is 23.1 Å². The van der Waals surface area contributed by atoms with Crippen molar-refractivity contribution in [3.8, 4) is 17.2 Å². The van der Waals surface area contributed by atoms with Gasteiger partial charge in [-0.15, -0.1) is 0 Å². The van der Waals surface area contributed by atoms with E-state index >= 15 is 0 Å². The van der Waals surface area contributed by atoms with Gasteiger partial charge in [0.15, 0.2) is 18.1 Å². The number of rotatable bonds is 9. The first-order valence-corrected chi connectivity index (χ1v) is 10.4. The van der Waals surface area contributed by atoms with Crippen molar-refractivity contribution in [3.05, 3.63) is 66.2 Å². The molecule has 33 heavy (non-hydrogen) atoms. The van der Waals surface area contributed by atoms with Crippen molar-refractivity contribution in [2.45, 2.75) is 6.92 Å². The first-order chi connectivity index (χ1) is 16.0. The lowest BCUT2D eigenvalue weighted by atomic mass is 10.1. The second-order valence-corrected chi connectivity index (χ2v) is 7.04. The molecule has 172 valence electrons. The molecule has 7 heteroatoms. The van der Waals surface area contributed by atoms with Gasteiger partial charge in [-0.05, 0) is 42.1 Å². The highest BCUT2D eigenvalue weighted by Crippen LogP contribution is 2.38. The van der Waals surface area contributed by atoms with Crippen molar-refractivity contribution in [1.29, 1.82) is 0 Å². The summed E-state index contributed by atoms with van der Waals surface area (Å²) in [6.45, 7) is 1.97. The Labute approximate surface area is 193 Å². The molecule has 0 aliphatic rings. The Hall–Kier alpha value is -4.00. The number of ether oxygens (including phenoxy) is 4. The van der Waals surface area contributed by atoms with Crippen LogP contribution in [-0.4, -0.2) is 46.4 Å². The first kappa shape index (κ1) is 23.7. The van der Waals surface area contributed by atoms with Crippen LogP contribution < -0.4 is 19.1 Å². The Bertz CT molecular complexity index is 1140. The summed E-state index contributed by atoms with van der Waals surface area (Å²) in [5.74, 6) is 0.454. The lowest BCUT2D eigenvalue weighted by Gasteiger charge is -2.22. The number of hydrogen-bond acceptors (Lipinski definition) is 6. The van der Waals surface area contributed by atoms with Gasteiger partial charge in [0.1, 0.15) is 0 Å². The standard InChI is InChI=1S/C26H27NO6/c1-5-27(21-12-8-10-19-9-6-7-11-20(19)21)24(28)17-33-25(29)14-13-18-15-22(30-2)26(32-4)23(16-18)31-3/h6-16H,5,17H2,1-4H3. The number of likely N-dealkylation sites (N-methyl/N-ethyl adjacent to an activating group) is 1. The molecule has 0 fully saturated rings. The van der Waals surface area contributed by atoms with Gasteiger partial charge in [-0.1, -0.05) is 36.4 Å². The number of anilines is 1. The first-order valence-electron chi connectivity index (χ1n) is 10.4. The SMILES string of the molecule is CCN(C(=O)COC(=O)C=Cc1cc(OC)c(OC)c(OC)c1)c1cccc2ccccc12. The average Bonchev–Trinajstić information content (AvgIpc) is 2.85. The minimum absolute atomic E-state index is 0.302. The molecule has 0 heterocycles. The molecule has 0 atom stereocenters. The summed E-state index contributed by atoms with van der Waals surface area (Å²) in [5, 5.41) is 2.00. The van der Waals surface area contributed by atoms with Crippen molar-refractivity contribution >= 4 is 34.4 Å². The second-order valence-electron chi connectivity index (χ2n) is 7.04. The van der Waals surface area contributed by atoms with E-state index in [0.29, 0.717) is 29.4 Å². The van der Waals surface area contributed by atoms with Crippen LogP contribution in [0.25, 0.3) is 16.8 Å². The highest BCUT2D eigenvalue weighted by Gasteiger charge is 2.18. The molecule has 0 N–H and O–H groups in total. The molecule has 7 nitrogen and oxygen atoms in total. The number of nitrogens with zero attached hydrogens (tertiary/aromatic N) is 1. The summed E-state index contributed by atoms with van der Waals surface area (Å²) >= 11 is 0. The zero-order chi connectivity index (χ0) is 23.8. The maximum Gasteiger partial charge on any atom is 0.331 e. The van der Waals surface area contributed by atoms with Crippen molar-refractivity contribution < 1.29 is 28.5 Å². The van der Waals surface area contributed by atoms with Crippen LogP contribution in [0, 0.1) is 0 Å². The fraction of sp³-hybridized carbons (Fsp3) is 0.231. The van der Waals surface area contributed by atoms with Crippen LogP contribution in [0.5, 0.6) is 17.2 Å². The van der Waals surface area contributed by atoms with Crippen LogP contribution in [0.2, 0.25) is 0 Å². The Morgan fingerprint density at radius 3 is 2.21 bits per heavy atom. The largest absolute Gasteiger partial charge is 0.493 e. The number of esters is 1. The molecular weight excluding hydrogens is 422 g/mol. The molecule has 1 amide bonds. The average molecular weight is 450 g/mol. The molecule has 0 aliphatic heterocycles.